The van der Waals surface area contributed by atoms with Gasteiger partial charge in [-0.3, -0.25) is 4.90 Å². The second-order valence-electron chi connectivity index (χ2n) is 4.60. The molecule has 0 bridgehead atoms. The van der Waals surface area contributed by atoms with E-state index in [1.165, 1.54) is 5.56 Å². The lowest BCUT2D eigenvalue weighted by Crippen LogP contribution is -2.34. The molecule has 2 nitrogen and oxygen atoms in total. The molecule has 1 aromatic carbocycles. The maximum absolute atomic E-state index is 5.88. The summed E-state index contributed by atoms with van der Waals surface area (Å²) in [5, 5.41) is 4.25. The fraction of sp³-hybridized carbons (Fsp3) is 0.571. The zero-order valence-electron chi connectivity index (χ0n) is 11.0. The third-order valence-electron chi connectivity index (χ3n) is 2.75. The van der Waals surface area contributed by atoms with E-state index in [1.54, 1.807) is 0 Å². The molecule has 0 saturated carbocycles. The first kappa shape index (κ1) is 14.5. The predicted octanol–water partition coefficient (Wildman–Crippen LogP) is 3.16. The molecule has 0 spiro atoms. The van der Waals surface area contributed by atoms with Crippen molar-refractivity contribution in [3.8, 4) is 0 Å². The first-order valence-electron chi connectivity index (χ1n) is 6.32. The minimum Gasteiger partial charge on any atom is -0.313 e. The van der Waals surface area contributed by atoms with Crippen molar-refractivity contribution in [2.45, 2.75) is 33.4 Å². The molecule has 17 heavy (non-hydrogen) atoms. The summed E-state index contributed by atoms with van der Waals surface area (Å²) in [4.78, 5) is 2.43. The normalized spacial score (nSPS) is 11.4. The van der Waals surface area contributed by atoms with Crippen LogP contribution < -0.4 is 5.32 Å². The lowest BCUT2D eigenvalue weighted by Gasteiger charge is -2.21. The smallest absolute Gasteiger partial charge is 0.0406 e. The standard InChI is InChI=1S/C14H23ClN2/c1-4-17(10-9-16-12(2)3)11-13-5-7-14(15)8-6-13/h5-8,12,16H,4,9-11H2,1-3H3. The van der Waals surface area contributed by atoms with Crippen LogP contribution >= 0.6 is 11.6 Å². The summed E-state index contributed by atoms with van der Waals surface area (Å²) in [6, 6.07) is 8.67. The Labute approximate surface area is 110 Å². The Balaban J connectivity index is 2.38. The number of benzene rings is 1. The molecule has 1 N–H and O–H groups in total. The SMILES string of the molecule is CCN(CCNC(C)C)Cc1ccc(Cl)cc1. The molecule has 0 atom stereocenters. The van der Waals surface area contributed by atoms with Crippen molar-refractivity contribution in [1.29, 1.82) is 0 Å². The fourth-order valence-corrected chi connectivity index (χ4v) is 1.83. The van der Waals surface area contributed by atoms with Gasteiger partial charge in [0.15, 0.2) is 0 Å². The average molecular weight is 255 g/mol. The Bertz CT molecular complexity index is 309. The summed E-state index contributed by atoms with van der Waals surface area (Å²) >= 11 is 5.88. The summed E-state index contributed by atoms with van der Waals surface area (Å²) in [7, 11) is 0. The first-order valence-corrected chi connectivity index (χ1v) is 6.69. The maximum Gasteiger partial charge on any atom is 0.0406 e. The van der Waals surface area contributed by atoms with E-state index < -0.39 is 0 Å². The van der Waals surface area contributed by atoms with E-state index in [1.807, 2.05) is 12.1 Å². The molecular weight excluding hydrogens is 232 g/mol. The molecule has 0 aromatic heterocycles. The van der Waals surface area contributed by atoms with Crippen molar-refractivity contribution in [3.63, 3.8) is 0 Å². The van der Waals surface area contributed by atoms with Crippen molar-refractivity contribution in [1.82, 2.24) is 10.2 Å². The Morgan fingerprint density at radius 1 is 1.24 bits per heavy atom. The number of hydrogen-bond donors (Lipinski definition) is 1. The van der Waals surface area contributed by atoms with E-state index >= 15 is 0 Å². The van der Waals surface area contributed by atoms with Crippen molar-refractivity contribution in [2.75, 3.05) is 19.6 Å². The number of likely N-dealkylation sites (N-methyl/N-ethyl adjacent to an activating group) is 1. The third-order valence-corrected chi connectivity index (χ3v) is 3.00. The van der Waals surface area contributed by atoms with Gasteiger partial charge in [-0.15, -0.1) is 0 Å². The van der Waals surface area contributed by atoms with Gasteiger partial charge in [-0.2, -0.15) is 0 Å². The van der Waals surface area contributed by atoms with Crippen molar-refractivity contribution < 1.29 is 0 Å². The number of rotatable bonds is 7. The van der Waals surface area contributed by atoms with Crippen molar-refractivity contribution >= 4 is 11.6 Å². The Kier molecular flexibility index (Phi) is 6.56. The van der Waals surface area contributed by atoms with Crippen LogP contribution in [0.4, 0.5) is 0 Å². The van der Waals surface area contributed by atoms with E-state index in [0.717, 1.165) is 31.2 Å². The Hall–Kier alpha value is -0.570. The van der Waals surface area contributed by atoms with Gasteiger partial charge in [0, 0.05) is 30.7 Å². The second kappa shape index (κ2) is 7.70. The lowest BCUT2D eigenvalue weighted by atomic mass is 10.2. The van der Waals surface area contributed by atoms with E-state index in [2.05, 4.69) is 43.1 Å². The number of hydrogen-bond acceptors (Lipinski definition) is 2. The van der Waals surface area contributed by atoms with Crippen LogP contribution in [0.3, 0.4) is 0 Å². The number of halogens is 1. The monoisotopic (exact) mass is 254 g/mol. The summed E-state index contributed by atoms with van der Waals surface area (Å²) in [6.07, 6.45) is 0. The minimum atomic E-state index is 0.559. The van der Waals surface area contributed by atoms with Gasteiger partial charge in [-0.05, 0) is 24.2 Å². The summed E-state index contributed by atoms with van der Waals surface area (Å²) in [6.45, 7) is 10.7. The Morgan fingerprint density at radius 2 is 1.88 bits per heavy atom. The van der Waals surface area contributed by atoms with Crippen LogP contribution in [0.5, 0.6) is 0 Å². The molecule has 96 valence electrons. The van der Waals surface area contributed by atoms with Crippen molar-refractivity contribution in [2.24, 2.45) is 0 Å². The van der Waals surface area contributed by atoms with Gasteiger partial charge >= 0.3 is 0 Å². The van der Waals surface area contributed by atoms with Gasteiger partial charge in [0.1, 0.15) is 0 Å². The summed E-state index contributed by atoms with van der Waals surface area (Å²) in [5.41, 5.74) is 1.32. The number of nitrogens with zero attached hydrogens (tertiary/aromatic N) is 1. The van der Waals surface area contributed by atoms with Gasteiger partial charge in [0.2, 0.25) is 0 Å². The second-order valence-corrected chi connectivity index (χ2v) is 5.04. The molecule has 3 heteroatoms. The molecular formula is C14H23ClN2. The van der Waals surface area contributed by atoms with Gasteiger partial charge < -0.3 is 5.32 Å². The minimum absolute atomic E-state index is 0.559. The highest BCUT2D eigenvalue weighted by Gasteiger charge is 2.03. The van der Waals surface area contributed by atoms with Crippen LogP contribution in [0.1, 0.15) is 26.3 Å². The molecule has 0 saturated heterocycles. The van der Waals surface area contributed by atoms with Crippen molar-refractivity contribution in [3.05, 3.63) is 34.9 Å². The first-order chi connectivity index (χ1) is 8.11. The van der Waals surface area contributed by atoms with Gasteiger partial charge in [-0.1, -0.05) is 44.5 Å². The van der Waals surface area contributed by atoms with E-state index in [0.29, 0.717) is 6.04 Å². The molecule has 1 rings (SSSR count). The molecule has 0 aliphatic rings. The molecule has 0 aliphatic heterocycles. The third kappa shape index (κ3) is 6.06. The highest BCUT2D eigenvalue weighted by Crippen LogP contribution is 2.11. The van der Waals surface area contributed by atoms with Crippen LogP contribution in [0.2, 0.25) is 5.02 Å². The molecule has 0 amide bonds. The van der Waals surface area contributed by atoms with Crippen LogP contribution in [0, 0.1) is 0 Å². The fourth-order valence-electron chi connectivity index (χ4n) is 1.71. The van der Waals surface area contributed by atoms with E-state index in [-0.39, 0.29) is 0 Å². The van der Waals surface area contributed by atoms with E-state index in [9.17, 15) is 0 Å². The lowest BCUT2D eigenvalue weighted by molar-refractivity contribution is 0.276. The van der Waals surface area contributed by atoms with Gasteiger partial charge in [0.25, 0.3) is 0 Å². The molecule has 1 aromatic rings. The molecule has 0 radical (unpaired) electrons. The average Bonchev–Trinajstić information content (AvgIpc) is 2.30. The molecule has 0 unspecified atom stereocenters. The van der Waals surface area contributed by atoms with Gasteiger partial charge in [-0.25, -0.2) is 0 Å². The zero-order chi connectivity index (χ0) is 12.7. The summed E-state index contributed by atoms with van der Waals surface area (Å²) < 4.78 is 0. The highest BCUT2D eigenvalue weighted by molar-refractivity contribution is 6.30. The molecule has 0 heterocycles. The van der Waals surface area contributed by atoms with Gasteiger partial charge in [0.05, 0.1) is 0 Å². The quantitative estimate of drug-likeness (QED) is 0.804. The Morgan fingerprint density at radius 3 is 2.41 bits per heavy atom. The zero-order valence-corrected chi connectivity index (χ0v) is 11.8. The van der Waals surface area contributed by atoms with Crippen LogP contribution in [-0.4, -0.2) is 30.6 Å². The maximum atomic E-state index is 5.88. The largest absolute Gasteiger partial charge is 0.313 e. The predicted molar refractivity (Wildman–Crippen MR) is 75.5 cm³/mol. The van der Waals surface area contributed by atoms with Crippen LogP contribution in [0.25, 0.3) is 0 Å². The summed E-state index contributed by atoms with van der Waals surface area (Å²) in [5.74, 6) is 0. The highest BCUT2D eigenvalue weighted by atomic mass is 35.5. The number of nitrogens with one attached hydrogen (secondary N) is 1. The molecule has 0 fully saturated rings. The topological polar surface area (TPSA) is 15.3 Å². The van der Waals surface area contributed by atoms with E-state index in [4.69, 9.17) is 11.6 Å². The van der Waals surface area contributed by atoms with Crippen LogP contribution in [0.15, 0.2) is 24.3 Å². The molecule has 0 aliphatic carbocycles. The van der Waals surface area contributed by atoms with Crippen LogP contribution in [-0.2, 0) is 6.54 Å².